The number of carbonyl (C=O) groups is 7. The normalized spacial score (nSPS) is 22.4. The van der Waals surface area contributed by atoms with Gasteiger partial charge in [0.1, 0.15) is 22.2 Å². The molecule has 0 bridgehead atoms. The number of thiophene rings is 3. The fraction of sp³-hybridized carbons (Fsp3) is 0.280. The van der Waals surface area contributed by atoms with Gasteiger partial charge in [0, 0.05) is 124 Å². The number of nitrogens with two attached hydrogens (primary N) is 5. The van der Waals surface area contributed by atoms with Gasteiger partial charge in [0.05, 0.1) is 54.2 Å². The number of rotatable bonds is 15. The number of carbonyl (C=O) groups excluding carboxylic acids is 7. The van der Waals surface area contributed by atoms with E-state index in [0.29, 0.717) is 37.4 Å². The number of hydrogen-bond donors (Lipinski definition) is 7. The van der Waals surface area contributed by atoms with Crippen LogP contribution >= 0.6 is 65.9 Å². The quantitative estimate of drug-likeness (QED) is 0.0469. The van der Waals surface area contributed by atoms with Crippen molar-refractivity contribution in [2.24, 2.45) is 65.5 Å². The number of anilines is 2. The summed E-state index contributed by atoms with van der Waals surface area (Å²) in [5.41, 5.74) is 35.9. The summed E-state index contributed by atoms with van der Waals surface area (Å²) in [5, 5.41) is 23.1. The largest absolute Gasteiger partial charge is 0.369 e. The van der Waals surface area contributed by atoms with Gasteiger partial charge < -0.3 is 48.8 Å². The van der Waals surface area contributed by atoms with Gasteiger partial charge in [0.25, 0.3) is 5.91 Å². The minimum absolute atomic E-state index is 0.0288. The molecular weight excluding hydrogens is 1790 g/mol. The number of nitrogens with zero attached hydrogens (tertiary/aromatic N) is 15. The molecule has 1 aliphatic carbocycles. The first-order valence-corrected chi connectivity index (χ1v) is 45.0. The van der Waals surface area contributed by atoms with E-state index in [4.69, 9.17) is 48.9 Å². The summed E-state index contributed by atoms with van der Waals surface area (Å²) in [5.74, 6) is 0.349. The van der Waals surface area contributed by atoms with Crippen LogP contribution in [-0.4, -0.2) is 151 Å². The third kappa shape index (κ3) is 19.1. The highest BCUT2D eigenvalue weighted by atomic mass is 79.9. The molecule has 8 amide bonds. The first kappa shape index (κ1) is 90.2. The molecule has 6 aromatic carbocycles. The lowest BCUT2D eigenvalue weighted by atomic mass is 9.77. The number of aliphatic imine (C=N–C) groups is 5. The number of aromatic nitrogens is 3. The van der Waals surface area contributed by atoms with Crippen molar-refractivity contribution < 1.29 is 33.6 Å². The van der Waals surface area contributed by atoms with E-state index >= 15 is 0 Å². The van der Waals surface area contributed by atoms with Gasteiger partial charge in [0.2, 0.25) is 29.5 Å². The van der Waals surface area contributed by atoms with E-state index < -0.39 is 39.5 Å². The fourth-order valence-corrected chi connectivity index (χ4v) is 20.3. The van der Waals surface area contributed by atoms with Crippen molar-refractivity contribution in [3.05, 3.63) is 274 Å². The van der Waals surface area contributed by atoms with Crippen molar-refractivity contribution in [3.63, 3.8) is 0 Å². The lowest BCUT2D eigenvalue weighted by Crippen LogP contribution is -2.54. The van der Waals surface area contributed by atoms with Crippen LogP contribution in [-0.2, 0) is 64.0 Å². The number of β-lactam (4-membered cyclic amide) rings is 1. The topological polar surface area (TPSA) is 409 Å². The van der Waals surface area contributed by atoms with Gasteiger partial charge in [-0.05, 0) is 220 Å². The minimum atomic E-state index is -0.813. The van der Waals surface area contributed by atoms with Crippen molar-refractivity contribution in [2.75, 3.05) is 45.0 Å². The Kier molecular flexibility index (Phi) is 26.2. The van der Waals surface area contributed by atoms with Gasteiger partial charge in [-0.15, -0.1) is 34.0 Å². The van der Waals surface area contributed by atoms with Crippen LogP contribution in [0.3, 0.4) is 0 Å². The Hall–Kier alpha value is -13.1. The third-order valence-corrected chi connectivity index (χ3v) is 28.7. The molecule has 0 spiro atoms. The van der Waals surface area contributed by atoms with E-state index in [1.807, 2.05) is 207 Å². The molecule has 2 unspecified atom stereocenters. The maximum absolute atomic E-state index is 13.2. The predicted molar refractivity (Wildman–Crippen MR) is 506 cm³/mol. The predicted octanol–water partition coefficient (Wildman–Crippen LogP) is 13.9. The molecule has 29 nitrogen and oxygen atoms in total. The number of benzene rings is 6. The third-order valence-electron chi connectivity index (χ3n) is 23.7. The number of nitriles is 1. The second-order valence-corrected chi connectivity index (χ2v) is 37.6. The van der Waals surface area contributed by atoms with Gasteiger partial charge in [0.15, 0.2) is 29.8 Å². The molecule has 11 aromatic rings. The van der Waals surface area contributed by atoms with E-state index in [1.54, 1.807) is 112 Å². The second-order valence-electron chi connectivity index (χ2n) is 33.0. The van der Waals surface area contributed by atoms with Crippen molar-refractivity contribution in [1.29, 1.82) is 5.26 Å². The van der Waals surface area contributed by atoms with E-state index in [0.717, 1.165) is 110 Å². The molecule has 127 heavy (non-hydrogen) atoms. The van der Waals surface area contributed by atoms with Crippen LogP contribution in [0.5, 0.6) is 0 Å². The summed E-state index contributed by atoms with van der Waals surface area (Å²) in [6.45, 7) is 12.8. The highest BCUT2D eigenvalue weighted by molar-refractivity contribution is 9.10. The van der Waals surface area contributed by atoms with Crippen LogP contribution in [0.4, 0.5) is 16.2 Å². The number of hydrogen-bond acceptors (Lipinski definition) is 23. The maximum atomic E-state index is 13.2. The van der Waals surface area contributed by atoms with Crippen LogP contribution in [0.1, 0.15) is 127 Å². The lowest BCUT2D eigenvalue weighted by molar-refractivity contribution is -0.135. The number of likely N-dealkylation sites (N-methyl/N-ethyl adjacent to an activating group) is 2. The van der Waals surface area contributed by atoms with Crippen LogP contribution in [0.15, 0.2) is 251 Å². The number of urea groups is 1. The number of pyridine rings is 1. The Morgan fingerprint density at radius 1 is 0.543 bits per heavy atom. The first-order chi connectivity index (χ1) is 60.5. The zero-order valence-corrected chi connectivity index (χ0v) is 77.1. The Bertz CT molecular complexity index is 6240. The summed E-state index contributed by atoms with van der Waals surface area (Å²) < 4.78 is 3.84. The monoisotopic (exact) mass is 1890 g/mol. The number of nitrogens with one attached hydrogen (secondary N) is 2. The summed E-state index contributed by atoms with van der Waals surface area (Å²) in [4.78, 5) is 130. The molecular formula is C93H96Br2N22O7S3. The van der Waals surface area contributed by atoms with E-state index in [2.05, 4.69) is 80.0 Å². The molecule has 5 aromatic heterocycles. The highest BCUT2D eigenvalue weighted by Crippen LogP contribution is 2.53. The van der Waals surface area contributed by atoms with Crippen LogP contribution < -0.4 is 44.2 Å². The number of fused-ring (bicyclic) bond motifs is 1. The zero-order valence-electron chi connectivity index (χ0n) is 71.5. The Labute approximate surface area is 764 Å². The SMILES string of the molecule is CC1(C)N=C(N)N(Cc2ccc(CNC(=O)Nc3ccc4ccccc4c3)cc2)C1=O.CN1C(=O)C(c2ccc(-n3ccnc3)cc2)[C@@](C)(c2cc(Br)cs2)N=C1N.CN1C(=O)C(c2ccc(N3CCC3=O)cc2)[C@@](C)(c2cc(Br)cs2)N=C1N.CN1C(=O)C[C@@](C)(c2cccnc2)N=C1N.CN1C(=O)[C@H](C2CC2)[C@@](C)(c2cc(-c3cccc(C#N)c3)cs2)N=C1N. The molecule has 1 saturated heterocycles. The number of amides is 8. The molecule has 6 aliphatic heterocycles. The molecule has 18 rings (SSSR count). The fourth-order valence-electron chi connectivity index (χ4n) is 16.1. The van der Waals surface area contributed by atoms with Gasteiger partial charge in [-0.1, -0.05) is 97.1 Å². The van der Waals surface area contributed by atoms with Gasteiger partial charge in [-0.3, -0.25) is 58.3 Å². The number of halogens is 2. The Balaban J connectivity index is 0.000000130. The molecule has 1 saturated carbocycles. The number of imidazole rings is 1. The lowest BCUT2D eigenvalue weighted by Gasteiger charge is -2.40. The zero-order chi connectivity index (χ0) is 90.8. The van der Waals surface area contributed by atoms with Crippen molar-refractivity contribution in [2.45, 2.75) is 120 Å². The van der Waals surface area contributed by atoms with Gasteiger partial charge >= 0.3 is 6.03 Å². The summed E-state index contributed by atoms with van der Waals surface area (Å²) in [7, 11) is 6.64. The number of guanidine groups is 5. The highest BCUT2D eigenvalue weighted by Gasteiger charge is 2.55. The van der Waals surface area contributed by atoms with E-state index in [1.165, 1.54) is 24.5 Å². The molecule has 7 aliphatic rings. The standard InChI is InChI=1S/C24H25N5O2.C20H20N4OS.C19H18BrN5OS.C19H19BrN4O2S.C11H14N4O/c1-24(2)21(30)29(22(25)28-24)15-17-9-7-16(8-10-17)14-26-23(31)27-20-12-11-18-5-3-4-6-19(18)13-20;1-20(17(13-6-7-13)18(25)24(2)19(22)23-20)16-9-15(11-26-16)14-5-3-4-12(8-14)10-21;1-19(15-9-13(20)10-27-15)16(17(26)24(2)18(21)23-19)12-3-5-14(6-4-12)25-8-7-22-11-25;1-19(14-9-12(20)10-27-14)16(17(26)23(2)18(21)22-19)11-3-5-13(6-4-11)24-8-7-15(24)25;1-11(8-4-3-5-13-7-8)6-9(16)15(2)10(12)14-11/h3-13H,14-15H2,1-2H3,(H2,25,28)(H2,26,27,31);3-5,8-9,11,13,17H,6-7H2,1-2H3,(H2,22,23);3-11,16H,1-2H3,(H2,21,23);3-6,9-10,16H,7-8H2,1-2H3,(H2,21,22);3-5,7H,6H2,1-2H3,(H2,12,14)/t;17-,20+;2*16?,19-;11-/m.0110/s1. The molecule has 2 fully saturated rings. The van der Waals surface area contributed by atoms with Crippen LogP contribution in [0.2, 0.25) is 0 Å². The molecule has 0 radical (unpaired) electrons. The molecule has 12 N–H and O–H groups in total. The summed E-state index contributed by atoms with van der Waals surface area (Å²) in [6, 6.07) is 56.3. The summed E-state index contributed by atoms with van der Waals surface area (Å²) in [6.07, 6.45) is 11.8. The molecule has 34 heteroatoms. The second kappa shape index (κ2) is 36.9. The van der Waals surface area contributed by atoms with E-state index in [-0.39, 0.29) is 77.2 Å². The van der Waals surface area contributed by atoms with Crippen LogP contribution in [0.25, 0.3) is 27.6 Å². The molecule has 7 atom stereocenters. The van der Waals surface area contributed by atoms with Gasteiger partial charge in [-0.25, -0.2) is 34.7 Å². The summed E-state index contributed by atoms with van der Waals surface area (Å²) >= 11 is 11.7. The average molecular weight is 1890 g/mol. The Morgan fingerprint density at radius 2 is 1.11 bits per heavy atom. The van der Waals surface area contributed by atoms with Crippen molar-refractivity contribution in [3.8, 4) is 22.9 Å². The van der Waals surface area contributed by atoms with Crippen LogP contribution in [0, 0.1) is 23.2 Å². The van der Waals surface area contributed by atoms with Gasteiger partial charge in [-0.2, -0.15) is 5.26 Å². The average Bonchev–Trinajstić information content (AvgIpc) is 1.71. The van der Waals surface area contributed by atoms with Crippen molar-refractivity contribution in [1.82, 2.24) is 44.4 Å². The smallest absolute Gasteiger partial charge is 0.319 e. The maximum Gasteiger partial charge on any atom is 0.319 e. The molecule has 652 valence electrons. The van der Waals surface area contributed by atoms with Crippen molar-refractivity contribution >= 4 is 159 Å². The Morgan fingerprint density at radius 3 is 1.63 bits per heavy atom. The van der Waals surface area contributed by atoms with E-state index in [9.17, 15) is 33.6 Å². The minimum Gasteiger partial charge on any atom is -0.369 e. The molecule has 11 heterocycles. The first-order valence-electron chi connectivity index (χ1n) is 40.8.